The van der Waals surface area contributed by atoms with E-state index in [4.69, 9.17) is 0 Å². The predicted octanol–water partition coefficient (Wildman–Crippen LogP) is 1.97. The molecule has 0 saturated heterocycles. The summed E-state index contributed by atoms with van der Waals surface area (Å²) in [6.45, 7) is 3.75. The van der Waals surface area contributed by atoms with Crippen LogP contribution in [0, 0.1) is 22.9 Å². The Morgan fingerprint density at radius 3 is 2.32 bits per heavy atom. The zero-order valence-corrected chi connectivity index (χ0v) is 11.1. The normalized spacial score (nSPS) is 11.5. The fourth-order valence-electron chi connectivity index (χ4n) is 1.63. The van der Waals surface area contributed by atoms with Gasteiger partial charge >= 0.3 is 0 Å². The van der Waals surface area contributed by atoms with Crippen LogP contribution in [0.2, 0.25) is 0 Å². The first-order valence-electron chi connectivity index (χ1n) is 5.84. The molecule has 0 spiro atoms. The molecule has 0 aliphatic rings. The van der Waals surface area contributed by atoms with Crippen molar-refractivity contribution in [2.45, 2.75) is 20.4 Å². The number of benzene rings is 1. The molecule has 0 unspecified atom stereocenters. The molecule has 0 bridgehead atoms. The molecule has 0 radical (unpaired) electrons. The van der Waals surface area contributed by atoms with Crippen LogP contribution in [0.4, 0.5) is 13.2 Å². The highest BCUT2D eigenvalue weighted by atomic mass is 19.2. The van der Waals surface area contributed by atoms with Crippen LogP contribution in [0.15, 0.2) is 12.1 Å². The van der Waals surface area contributed by atoms with Crippen molar-refractivity contribution in [2.24, 2.45) is 5.41 Å². The molecular formula is C13H17F3N2O. The van der Waals surface area contributed by atoms with Crippen molar-refractivity contribution in [3.05, 3.63) is 35.1 Å². The van der Waals surface area contributed by atoms with Crippen molar-refractivity contribution in [1.29, 1.82) is 0 Å². The Morgan fingerprint density at radius 2 is 1.74 bits per heavy atom. The molecule has 2 N–H and O–H groups in total. The van der Waals surface area contributed by atoms with Crippen LogP contribution in [0.3, 0.4) is 0 Å². The largest absolute Gasteiger partial charge is 0.359 e. The van der Waals surface area contributed by atoms with Crippen LogP contribution in [-0.2, 0) is 11.3 Å². The minimum Gasteiger partial charge on any atom is -0.359 e. The molecule has 0 atom stereocenters. The van der Waals surface area contributed by atoms with Crippen molar-refractivity contribution in [2.75, 3.05) is 13.6 Å². The second-order valence-corrected chi connectivity index (χ2v) is 4.92. The topological polar surface area (TPSA) is 41.1 Å². The zero-order chi connectivity index (χ0) is 14.6. The van der Waals surface area contributed by atoms with E-state index < -0.39 is 22.9 Å². The summed E-state index contributed by atoms with van der Waals surface area (Å²) in [7, 11) is 1.53. The van der Waals surface area contributed by atoms with Gasteiger partial charge in [-0.1, -0.05) is 0 Å². The summed E-state index contributed by atoms with van der Waals surface area (Å²) in [6, 6.07) is 1.32. The number of rotatable bonds is 5. The van der Waals surface area contributed by atoms with Gasteiger partial charge in [0.2, 0.25) is 5.91 Å². The highest BCUT2D eigenvalue weighted by Crippen LogP contribution is 2.16. The maximum absolute atomic E-state index is 13.3. The Bertz CT molecular complexity index is 475. The first-order valence-corrected chi connectivity index (χ1v) is 5.84. The van der Waals surface area contributed by atoms with Crippen molar-refractivity contribution in [1.82, 2.24) is 10.6 Å². The SMILES string of the molecule is CNC(=O)C(C)(C)CNCc1cc(F)c(F)cc1F. The molecule has 1 rings (SSSR count). The van der Waals surface area contributed by atoms with Crippen LogP contribution >= 0.6 is 0 Å². The molecule has 1 aromatic rings. The van der Waals surface area contributed by atoms with E-state index in [0.717, 1.165) is 6.07 Å². The molecule has 106 valence electrons. The van der Waals surface area contributed by atoms with Crippen LogP contribution in [0.1, 0.15) is 19.4 Å². The first-order chi connectivity index (χ1) is 8.77. The van der Waals surface area contributed by atoms with Gasteiger partial charge < -0.3 is 10.6 Å². The summed E-state index contributed by atoms with van der Waals surface area (Å²) in [5.41, 5.74) is -0.657. The number of halogens is 3. The maximum atomic E-state index is 13.3. The van der Waals surface area contributed by atoms with Gasteiger partial charge in [-0.15, -0.1) is 0 Å². The summed E-state index contributed by atoms with van der Waals surface area (Å²) < 4.78 is 39.1. The van der Waals surface area contributed by atoms with E-state index in [0.29, 0.717) is 6.07 Å². The van der Waals surface area contributed by atoms with Gasteiger partial charge in [-0.2, -0.15) is 0 Å². The van der Waals surface area contributed by atoms with E-state index in [-0.39, 0.29) is 24.6 Å². The minimum absolute atomic E-state index is 0.0173. The van der Waals surface area contributed by atoms with Crippen molar-refractivity contribution < 1.29 is 18.0 Å². The van der Waals surface area contributed by atoms with Crippen molar-refractivity contribution in [3.8, 4) is 0 Å². The molecule has 1 amide bonds. The second kappa shape index (κ2) is 6.06. The standard InChI is InChI=1S/C13H17F3N2O/c1-13(2,12(19)17-3)7-18-6-8-4-10(15)11(16)5-9(8)14/h4-5,18H,6-7H2,1-3H3,(H,17,19). The van der Waals surface area contributed by atoms with Gasteiger partial charge in [0.15, 0.2) is 11.6 Å². The lowest BCUT2D eigenvalue weighted by Gasteiger charge is -2.23. The number of hydrogen-bond donors (Lipinski definition) is 2. The van der Waals surface area contributed by atoms with Crippen LogP contribution < -0.4 is 10.6 Å². The highest BCUT2D eigenvalue weighted by molar-refractivity contribution is 5.81. The zero-order valence-electron chi connectivity index (χ0n) is 11.1. The van der Waals surface area contributed by atoms with E-state index in [2.05, 4.69) is 10.6 Å². The molecule has 1 aromatic carbocycles. The van der Waals surface area contributed by atoms with Crippen LogP contribution in [0.25, 0.3) is 0 Å². The summed E-state index contributed by atoms with van der Waals surface area (Å²) in [5.74, 6) is -3.29. The highest BCUT2D eigenvalue weighted by Gasteiger charge is 2.26. The smallest absolute Gasteiger partial charge is 0.226 e. The number of hydrogen-bond acceptors (Lipinski definition) is 2. The Labute approximate surface area is 110 Å². The van der Waals surface area contributed by atoms with Crippen molar-refractivity contribution in [3.63, 3.8) is 0 Å². The lowest BCUT2D eigenvalue weighted by atomic mass is 9.92. The third-order valence-corrected chi connectivity index (χ3v) is 2.81. The average Bonchev–Trinajstić information content (AvgIpc) is 2.34. The lowest BCUT2D eigenvalue weighted by Crippen LogP contribution is -2.41. The van der Waals surface area contributed by atoms with E-state index >= 15 is 0 Å². The molecule has 0 aliphatic heterocycles. The van der Waals surface area contributed by atoms with Gasteiger partial charge in [0, 0.05) is 31.8 Å². The van der Waals surface area contributed by atoms with Gasteiger partial charge in [-0.25, -0.2) is 13.2 Å². The fourth-order valence-corrected chi connectivity index (χ4v) is 1.63. The molecule has 0 aromatic heterocycles. The third-order valence-electron chi connectivity index (χ3n) is 2.81. The molecular weight excluding hydrogens is 257 g/mol. The fraction of sp³-hybridized carbons (Fsp3) is 0.462. The van der Waals surface area contributed by atoms with Gasteiger partial charge in [0.25, 0.3) is 0 Å². The third kappa shape index (κ3) is 3.96. The number of carbonyl (C=O) groups excluding carboxylic acids is 1. The quantitative estimate of drug-likeness (QED) is 0.806. The average molecular weight is 274 g/mol. The Hall–Kier alpha value is -1.56. The van der Waals surface area contributed by atoms with E-state index in [1.807, 2.05) is 0 Å². The molecule has 0 fully saturated rings. The van der Waals surface area contributed by atoms with Gasteiger partial charge in [-0.05, 0) is 19.9 Å². The lowest BCUT2D eigenvalue weighted by molar-refractivity contribution is -0.128. The minimum atomic E-state index is -1.22. The van der Waals surface area contributed by atoms with Crippen molar-refractivity contribution >= 4 is 5.91 Å². The molecule has 0 heterocycles. The van der Waals surface area contributed by atoms with Crippen LogP contribution in [-0.4, -0.2) is 19.5 Å². The summed E-state index contributed by atoms with van der Waals surface area (Å²) in [6.07, 6.45) is 0. The maximum Gasteiger partial charge on any atom is 0.226 e. The van der Waals surface area contributed by atoms with Gasteiger partial charge in [0.05, 0.1) is 5.41 Å². The number of amides is 1. The Balaban J connectivity index is 2.64. The molecule has 19 heavy (non-hydrogen) atoms. The van der Waals surface area contributed by atoms with Gasteiger partial charge in [0.1, 0.15) is 5.82 Å². The second-order valence-electron chi connectivity index (χ2n) is 4.92. The van der Waals surface area contributed by atoms with Crippen LogP contribution in [0.5, 0.6) is 0 Å². The Kier molecular flexibility index (Phi) is 4.94. The van der Waals surface area contributed by atoms with E-state index in [1.165, 1.54) is 7.05 Å². The Morgan fingerprint density at radius 1 is 1.16 bits per heavy atom. The van der Waals surface area contributed by atoms with E-state index in [9.17, 15) is 18.0 Å². The summed E-state index contributed by atoms with van der Waals surface area (Å²) >= 11 is 0. The molecule has 6 heteroatoms. The summed E-state index contributed by atoms with van der Waals surface area (Å²) in [4.78, 5) is 11.5. The molecule has 0 aliphatic carbocycles. The van der Waals surface area contributed by atoms with E-state index in [1.54, 1.807) is 13.8 Å². The number of nitrogens with one attached hydrogen (secondary N) is 2. The first kappa shape index (κ1) is 15.5. The molecule has 0 saturated carbocycles. The van der Waals surface area contributed by atoms with Gasteiger partial charge in [-0.3, -0.25) is 4.79 Å². The summed E-state index contributed by atoms with van der Waals surface area (Å²) in [5, 5.41) is 5.37. The number of carbonyl (C=O) groups is 1. The molecule has 3 nitrogen and oxygen atoms in total. The predicted molar refractivity (Wildman–Crippen MR) is 65.9 cm³/mol. The monoisotopic (exact) mass is 274 g/mol.